The van der Waals surface area contributed by atoms with E-state index in [9.17, 15) is 0 Å². The van der Waals surface area contributed by atoms with Crippen LogP contribution in [-0.4, -0.2) is 58.3 Å². The van der Waals surface area contributed by atoms with Gasteiger partial charge in [-0.05, 0) is 52.0 Å². The summed E-state index contributed by atoms with van der Waals surface area (Å²) in [6.07, 6.45) is 19.5. The van der Waals surface area contributed by atoms with Gasteiger partial charge in [0.2, 0.25) is 0 Å². The SMILES string of the molecule is Cc1ncc(C)n2nc(/C=C/c3nc(-c4ccoc4)cn3C)nc12.Cc1ncc(C)n2nc(CCc3nc(-c4ccoc4)cn3C)nc12. The van der Waals surface area contributed by atoms with Crippen LogP contribution >= 0.6 is 0 Å². The molecule has 0 unspecified atom stereocenters. The molecule has 0 saturated carbocycles. The van der Waals surface area contributed by atoms with Crippen LogP contribution in [0, 0.1) is 27.7 Å². The monoisotopic (exact) mass is 642 g/mol. The van der Waals surface area contributed by atoms with Crippen molar-refractivity contribution in [2.24, 2.45) is 14.1 Å². The number of rotatable bonds is 7. The topological polar surface area (TPSA) is 148 Å². The fourth-order valence-electron chi connectivity index (χ4n) is 5.27. The summed E-state index contributed by atoms with van der Waals surface area (Å²) >= 11 is 0. The lowest BCUT2D eigenvalue weighted by Gasteiger charge is -1.98. The molecule has 0 aliphatic rings. The Hall–Kier alpha value is -6.18. The number of fused-ring (bicyclic) bond motifs is 2. The van der Waals surface area contributed by atoms with Crippen LogP contribution in [0.4, 0.5) is 0 Å². The maximum atomic E-state index is 5.13. The molecule has 0 spiro atoms. The molecule has 0 aromatic carbocycles. The number of aromatic nitrogens is 12. The highest BCUT2D eigenvalue weighted by atomic mass is 16.3. The van der Waals surface area contributed by atoms with Crippen molar-refractivity contribution in [3.05, 3.63) is 108 Å². The largest absolute Gasteiger partial charge is 0.472 e. The highest BCUT2D eigenvalue weighted by Crippen LogP contribution is 2.21. The molecule has 14 nitrogen and oxygen atoms in total. The standard InChI is InChI=1S/C17H18N6O.C17H16N6O/c2*1-11-8-18-12(2)17-20-15(21-23(11)17)4-5-16-19-14(9-22(16)3)13-6-7-24-10-13/h6-10H,4-5H2,1-3H3;4-10H,1-3H3/b;5-4+. The average molecular weight is 643 g/mol. The minimum absolute atomic E-state index is 0.627. The molecule has 0 atom stereocenters. The molecule has 8 aromatic rings. The Labute approximate surface area is 275 Å². The normalized spacial score (nSPS) is 11.6. The van der Waals surface area contributed by atoms with E-state index in [2.05, 4.69) is 40.1 Å². The van der Waals surface area contributed by atoms with E-state index in [1.54, 1.807) is 35.8 Å². The van der Waals surface area contributed by atoms with Crippen molar-refractivity contribution in [3.8, 4) is 22.5 Å². The second kappa shape index (κ2) is 12.5. The quantitative estimate of drug-likeness (QED) is 0.221. The number of furan rings is 2. The van der Waals surface area contributed by atoms with Crippen molar-refractivity contribution in [2.75, 3.05) is 0 Å². The Bertz CT molecular complexity index is 2290. The van der Waals surface area contributed by atoms with Gasteiger partial charge in [0.1, 0.15) is 11.6 Å². The molecule has 14 heteroatoms. The summed E-state index contributed by atoms with van der Waals surface area (Å²) in [5.41, 5.74) is 8.98. The highest BCUT2D eigenvalue weighted by molar-refractivity contribution is 5.67. The van der Waals surface area contributed by atoms with Crippen molar-refractivity contribution >= 4 is 23.4 Å². The van der Waals surface area contributed by atoms with E-state index in [1.807, 2.05) is 98.3 Å². The molecule has 0 N–H and O–H groups in total. The van der Waals surface area contributed by atoms with Gasteiger partial charge in [-0.15, -0.1) is 5.10 Å². The number of aryl methyl sites for hydroxylation is 8. The lowest BCUT2D eigenvalue weighted by Crippen LogP contribution is -2.01. The van der Waals surface area contributed by atoms with Crippen LogP contribution in [0.25, 0.3) is 46.0 Å². The first-order valence-electron chi connectivity index (χ1n) is 15.4. The van der Waals surface area contributed by atoms with Crippen LogP contribution in [0.2, 0.25) is 0 Å². The molecule has 0 aliphatic heterocycles. The second-order valence-electron chi connectivity index (χ2n) is 11.5. The molecular formula is C34H34N12O2. The molecule has 48 heavy (non-hydrogen) atoms. The minimum atomic E-state index is 0.627. The zero-order chi connectivity index (χ0) is 33.4. The predicted octanol–water partition coefficient (Wildman–Crippen LogP) is 5.42. The summed E-state index contributed by atoms with van der Waals surface area (Å²) in [5.74, 6) is 3.25. The Morgan fingerprint density at radius 2 is 1.27 bits per heavy atom. The van der Waals surface area contributed by atoms with E-state index < -0.39 is 0 Å². The molecular weight excluding hydrogens is 608 g/mol. The minimum Gasteiger partial charge on any atom is -0.472 e. The third-order valence-electron chi connectivity index (χ3n) is 7.95. The van der Waals surface area contributed by atoms with Crippen LogP contribution < -0.4 is 0 Å². The lowest BCUT2D eigenvalue weighted by molar-refractivity contribution is 0.568. The van der Waals surface area contributed by atoms with Gasteiger partial charge < -0.3 is 18.0 Å². The molecule has 8 aromatic heterocycles. The third kappa shape index (κ3) is 6.02. The predicted molar refractivity (Wildman–Crippen MR) is 179 cm³/mol. The lowest BCUT2D eigenvalue weighted by atomic mass is 10.2. The summed E-state index contributed by atoms with van der Waals surface area (Å²) in [6, 6.07) is 3.80. The Kier molecular flexibility index (Phi) is 7.97. The van der Waals surface area contributed by atoms with E-state index in [0.717, 1.165) is 86.9 Å². The zero-order valence-electron chi connectivity index (χ0n) is 27.5. The van der Waals surface area contributed by atoms with Gasteiger partial charge >= 0.3 is 0 Å². The molecule has 8 rings (SSSR count). The molecule has 0 aliphatic carbocycles. The summed E-state index contributed by atoms with van der Waals surface area (Å²) in [7, 11) is 3.95. The van der Waals surface area contributed by atoms with Gasteiger partial charge in [0.05, 0.1) is 59.2 Å². The molecule has 0 radical (unpaired) electrons. The molecule has 0 amide bonds. The van der Waals surface area contributed by atoms with E-state index in [1.165, 1.54) is 0 Å². The maximum Gasteiger partial charge on any atom is 0.177 e. The van der Waals surface area contributed by atoms with Gasteiger partial charge in [0.15, 0.2) is 22.9 Å². The van der Waals surface area contributed by atoms with E-state index in [-0.39, 0.29) is 0 Å². The van der Waals surface area contributed by atoms with Crippen LogP contribution in [0.5, 0.6) is 0 Å². The van der Waals surface area contributed by atoms with Gasteiger partial charge in [-0.25, -0.2) is 29.0 Å². The third-order valence-corrected chi connectivity index (χ3v) is 7.95. The van der Waals surface area contributed by atoms with Crippen LogP contribution in [0.3, 0.4) is 0 Å². The molecule has 0 saturated heterocycles. The van der Waals surface area contributed by atoms with Crippen molar-refractivity contribution in [2.45, 2.75) is 40.5 Å². The number of hydrogen-bond acceptors (Lipinski definition) is 10. The first kappa shape index (κ1) is 30.5. The van der Waals surface area contributed by atoms with Gasteiger partial charge in [-0.2, -0.15) is 5.10 Å². The van der Waals surface area contributed by atoms with Crippen molar-refractivity contribution in [1.82, 2.24) is 58.3 Å². The van der Waals surface area contributed by atoms with Gasteiger partial charge in [-0.3, -0.25) is 9.97 Å². The molecule has 0 fully saturated rings. The number of hydrogen-bond donors (Lipinski definition) is 0. The molecule has 0 bridgehead atoms. The van der Waals surface area contributed by atoms with Crippen LogP contribution in [0.1, 0.15) is 46.1 Å². The van der Waals surface area contributed by atoms with Gasteiger partial charge in [0.25, 0.3) is 0 Å². The van der Waals surface area contributed by atoms with E-state index >= 15 is 0 Å². The molecule has 8 heterocycles. The Morgan fingerprint density at radius 3 is 1.88 bits per heavy atom. The maximum absolute atomic E-state index is 5.13. The van der Waals surface area contributed by atoms with Gasteiger partial charge in [-0.1, -0.05) is 0 Å². The first-order chi connectivity index (χ1) is 23.2. The van der Waals surface area contributed by atoms with Gasteiger partial charge in [0, 0.05) is 62.9 Å². The van der Waals surface area contributed by atoms with Crippen LogP contribution in [-0.2, 0) is 26.9 Å². The number of nitrogens with zero attached hydrogens (tertiary/aromatic N) is 12. The first-order valence-corrected chi connectivity index (χ1v) is 15.4. The van der Waals surface area contributed by atoms with Crippen molar-refractivity contribution in [3.63, 3.8) is 0 Å². The van der Waals surface area contributed by atoms with Crippen molar-refractivity contribution < 1.29 is 8.83 Å². The van der Waals surface area contributed by atoms with Crippen LogP contribution in [0.15, 0.2) is 70.8 Å². The summed E-state index contributed by atoms with van der Waals surface area (Å²) in [6.45, 7) is 7.81. The van der Waals surface area contributed by atoms with E-state index in [4.69, 9.17) is 8.83 Å². The zero-order valence-corrected chi connectivity index (χ0v) is 27.5. The second-order valence-corrected chi connectivity index (χ2v) is 11.5. The fraction of sp³-hybridized carbons (Fsp3) is 0.235. The fourth-order valence-corrected chi connectivity index (χ4v) is 5.27. The number of imidazole rings is 2. The van der Waals surface area contributed by atoms with Crippen molar-refractivity contribution in [1.29, 1.82) is 0 Å². The average Bonchev–Trinajstić information content (AvgIpc) is 3.91. The highest BCUT2D eigenvalue weighted by Gasteiger charge is 2.13. The summed E-state index contributed by atoms with van der Waals surface area (Å²) in [4.78, 5) is 27.1. The Morgan fingerprint density at radius 1 is 0.667 bits per heavy atom. The smallest absolute Gasteiger partial charge is 0.177 e. The summed E-state index contributed by atoms with van der Waals surface area (Å²) in [5, 5.41) is 9.09. The summed E-state index contributed by atoms with van der Waals surface area (Å²) < 4.78 is 17.9. The Balaban J connectivity index is 0.000000152. The van der Waals surface area contributed by atoms with E-state index in [0.29, 0.717) is 5.82 Å². The molecule has 242 valence electrons.